The van der Waals surface area contributed by atoms with Crippen LogP contribution in [0.5, 0.6) is 0 Å². The molecule has 0 aliphatic rings. The summed E-state index contributed by atoms with van der Waals surface area (Å²) < 4.78 is 14.8. The molecule has 1 N–H and O–H groups in total. The highest BCUT2D eigenvalue weighted by atomic mass is 127. The summed E-state index contributed by atoms with van der Waals surface area (Å²) in [5, 5.41) is 11.7. The van der Waals surface area contributed by atoms with Gasteiger partial charge in [0.2, 0.25) is 0 Å². The molecule has 0 fully saturated rings. The smallest absolute Gasteiger partial charge is 0.137 e. The molecule has 68 valence electrons. The first kappa shape index (κ1) is 9.36. The van der Waals surface area contributed by atoms with Gasteiger partial charge in [-0.05, 0) is 45.7 Å². The van der Waals surface area contributed by atoms with Crippen molar-refractivity contribution in [1.82, 2.24) is 0 Å². The summed E-state index contributed by atoms with van der Waals surface area (Å²) in [4.78, 5) is 0. The second kappa shape index (κ2) is 3.51. The van der Waals surface area contributed by atoms with Crippen molar-refractivity contribution < 1.29 is 9.50 Å². The normalized spacial score (nSPS) is 11.0. The summed E-state index contributed by atoms with van der Waals surface area (Å²) in [6.07, 6.45) is 0. The molecule has 0 aliphatic carbocycles. The molecule has 0 bridgehead atoms. The van der Waals surface area contributed by atoms with Crippen LogP contribution in [0.4, 0.5) is 4.39 Å². The lowest BCUT2D eigenvalue weighted by atomic mass is 10.2. The number of rotatable bonds is 1. The van der Waals surface area contributed by atoms with E-state index in [0.717, 1.165) is 15.6 Å². The maximum Gasteiger partial charge on any atom is 0.137 e. The van der Waals surface area contributed by atoms with E-state index < -0.39 is 0 Å². The predicted molar refractivity (Wildman–Crippen MR) is 60.4 cm³/mol. The molecule has 1 aromatic heterocycles. The van der Waals surface area contributed by atoms with E-state index in [0.29, 0.717) is 3.57 Å². The van der Waals surface area contributed by atoms with E-state index in [1.54, 1.807) is 6.07 Å². The van der Waals surface area contributed by atoms with Crippen LogP contribution >= 0.6 is 33.9 Å². The van der Waals surface area contributed by atoms with Crippen molar-refractivity contribution in [1.29, 1.82) is 0 Å². The Labute approximate surface area is 92.3 Å². The minimum Gasteiger partial charge on any atom is -0.392 e. The number of aliphatic hydroxyl groups excluding tert-OH is 1. The van der Waals surface area contributed by atoms with Gasteiger partial charge in [0, 0.05) is 10.1 Å². The molecule has 0 saturated carbocycles. The van der Waals surface area contributed by atoms with Crippen LogP contribution in [-0.2, 0) is 6.61 Å². The molecule has 0 unspecified atom stereocenters. The predicted octanol–water partition coefficient (Wildman–Crippen LogP) is 3.14. The highest BCUT2D eigenvalue weighted by Crippen LogP contribution is 2.31. The third-order valence-corrected chi connectivity index (χ3v) is 3.93. The minimum absolute atomic E-state index is 0.0283. The number of halogens is 2. The number of hydrogen-bond acceptors (Lipinski definition) is 2. The van der Waals surface area contributed by atoms with Gasteiger partial charge in [0.25, 0.3) is 0 Å². The van der Waals surface area contributed by atoms with Crippen molar-refractivity contribution in [2.24, 2.45) is 0 Å². The average Bonchev–Trinajstić information content (AvgIpc) is 2.55. The highest BCUT2D eigenvalue weighted by Gasteiger charge is 2.09. The van der Waals surface area contributed by atoms with Gasteiger partial charge in [0.05, 0.1) is 10.2 Å². The highest BCUT2D eigenvalue weighted by molar-refractivity contribution is 14.1. The lowest BCUT2D eigenvalue weighted by Crippen LogP contribution is -1.85. The zero-order chi connectivity index (χ0) is 9.42. The molecular weight excluding hydrogens is 302 g/mol. The zero-order valence-corrected chi connectivity index (χ0v) is 9.52. The van der Waals surface area contributed by atoms with E-state index in [-0.39, 0.29) is 12.4 Å². The lowest BCUT2D eigenvalue weighted by Gasteiger charge is -1.98. The molecule has 0 spiro atoms. The van der Waals surface area contributed by atoms with Gasteiger partial charge in [-0.2, -0.15) is 0 Å². The molecule has 1 aromatic carbocycles. The lowest BCUT2D eigenvalue weighted by molar-refractivity contribution is 0.283. The summed E-state index contributed by atoms with van der Waals surface area (Å²) in [6.45, 7) is -0.0283. The first-order chi connectivity index (χ1) is 6.24. The maximum atomic E-state index is 13.2. The van der Waals surface area contributed by atoms with Gasteiger partial charge in [-0.3, -0.25) is 0 Å². The second-order valence-corrected chi connectivity index (χ2v) is 4.64. The van der Waals surface area contributed by atoms with Gasteiger partial charge in [0.1, 0.15) is 5.82 Å². The SMILES string of the molecule is OCc1csc2ccc(F)c(I)c12. The molecule has 4 heteroatoms. The van der Waals surface area contributed by atoms with Crippen LogP contribution < -0.4 is 0 Å². The summed E-state index contributed by atoms with van der Waals surface area (Å²) >= 11 is 3.50. The van der Waals surface area contributed by atoms with E-state index >= 15 is 0 Å². The van der Waals surface area contributed by atoms with E-state index in [4.69, 9.17) is 5.11 Å². The first-order valence-corrected chi connectivity index (χ1v) is 5.65. The first-order valence-electron chi connectivity index (χ1n) is 3.69. The molecule has 0 amide bonds. The molecule has 0 atom stereocenters. The quantitative estimate of drug-likeness (QED) is 0.803. The number of aliphatic hydroxyl groups is 1. The third-order valence-electron chi connectivity index (χ3n) is 1.88. The Hall–Kier alpha value is -0.200. The van der Waals surface area contributed by atoms with Crippen molar-refractivity contribution in [3.05, 3.63) is 32.5 Å². The Morgan fingerprint density at radius 1 is 1.46 bits per heavy atom. The van der Waals surface area contributed by atoms with Crippen LogP contribution in [0.3, 0.4) is 0 Å². The Balaban J connectivity index is 2.85. The molecule has 13 heavy (non-hydrogen) atoms. The van der Waals surface area contributed by atoms with E-state index in [1.807, 2.05) is 28.0 Å². The summed E-state index contributed by atoms with van der Waals surface area (Å²) in [5.74, 6) is -0.221. The second-order valence-electron chi connectivity index (χ2n) is 2.65. The third kappa shape index (κ3) is 1.47. The number of thiophene rings is 1. The van der Waals surface area contributed by atoms with Crippen LogP contribution in [0.25, 0.3) is 10.1 Å². The largest absolute Gasteiger partial charge is 0.392 e. The number of hydrogen-bond donors (Lipinski definition) is 1. The Bertz CT molecular complexity index is 452. The summed E-state index contributed by atoms with van der Waals surface area (Å²) in [5.41, 5.74) is 0.809. The van der Waals surface area contributed by atoms with Gasteiger partial charge in [-0.1, -0.05) is 0 Å². The van der Waals surface area contributed by atoms with Crippen LogP contribution in [0.1, 0.15) is 5.56 Å². The van der Waals surface area contributed by atoms with Crippen LogP contribution in [-0.4, -0.2) is 5.11 Å². The van der Waals surface area contributed by atoms with Gasteiger partial charge < -0.3 is 5.11 Å². The fourth-order valence-electron chi connectivity index (χ4n) is 1.24. The molecule has 1 nitrogen and oxygen atoms in total. The standard InChI is InChI=1S/C9H6FIOS/c10-6-1-2-7-8(9(6)11)5(3-12)4-13-7/h1-2,4,12H,3H2. The van der Waals surface area contributed by atoms with Gasteiger partial charge >= 0.3 is 0 Å². The van der Waals surface area contributed by atoms with Crippen molar-refractivity contribution in [3.8, 4) is 0 Å². The molecular formula is C9H6FIOS. The Morgan fingerprint density at radius 2 is 2.23 bits per heavy atom. The maximum absolute atomic E-state index is 13.2. The van der Waals surface area contributed by atoms with Gasteiger partial charge in [-0.25, -0.2) is 4.39 Å². The van der Waals surface area contributed by atoms with E-state index in [9.17, 15) is 4.39 Å². The molecule has 0 radical (unpaired) electrons. The van der Waals surface area contributed by atoms with Crippen LogP contribution in [0, 0.1) is 9.39 Å². The Morgan fingerprint density at radius 3 is 2.92 bits per heavy atom. The summed E-state index contributed by atoms with van der Waals surface area (Å²) in [6, 6.07) is 3.21. The zero-order valence-electron chi connectivity index (χ0n) is 6.55. The molecule has 0 aliphatic heterocycles. The summed E-state index contributed by atoms with van der Waals surface area (Å²) in [7, 11) is 0. The van der Waals surface area contributed by atoms with Crippen molar-refractivity contribution in [3.63, 3.8) is 0 Å². The monoisotopic (exact) mass is 308 g/mol. The van der Waals surface area contributed by atoms with Crippen molar-refractivity contribution >= 4 is 44.0 Å². The molecule has 2 rings (SSSR count). The molecule has 0 saturated heterocycles. The minimum atomic E-state index is -0.221. The van der Waals surface area contributed by atoms with Crippen molar-refractivity contribution in [2.45, 2.75) is 6.61 Å². The fraction of sp³-hybridized carbons (Fsp3) is 0.111. The van der Waals surface area contributed by atoms with Gasteiger partial charge in [0.15, 0.2) is 0 Å². The molecule has 2 aromatic rings. The molecule has 1 heterocycles. The van der Waals surface area contributed by atoms with E-state index in [1.165, 1.54) is 17.4 Å². The fourth-order valence-corrected chi connectivity index (χ4v) is 3.20. The van der Waals surface area contributed by atoms with Crippen LogP contribution in [0.15, 0.2) is 17.5 Å². The topological polar surface area (TPSA) is 20.2 Å². The van der Waals surface area contributed by atoms with E-state index in [2.05, 4.69) is 0 Å². The Kier molecular flexibility index (Phi) is 2.53. The van der Waals surface area contributed by atoms with Gasteiger partial charge in [-0.15, -0.1) is 11.3 Å². The van der Waals surface area contributed by atoms with Crippen LogP contribution in [0.2, 0.25) is 0 Å². The average molecular weight is 308 g/mol. The van der Waals surface area contributed by atoms with Crippen molar-refractivity contribution in [2.75, 3.05) is 0 Å². The number of benzene rings is 1. The number of fused-ring (bicyclic) bond motifs is 1.